The third kappa shape index (κ3) is 6.41. The Kier molecular flexibility index (Phi) is 10.7. The van der Waals surface area contributed by atoms with Crippen LogP contribution in [0.25, 0.3) is 43.8 Å². The molecular weight excluding hydrogens is 634 g/mol. The van der Waals surface area contributed by atoms with Crippen LogP contribution in [-0.4, -0.2) is 0 Å². The van der Waals surface area contributed by atoms with Gasteiger partial charge < -0.3 is 24.8 Å². The molecule has 0 aliphatic heterocycles. The van der Waals surface area contributed by atoms with Crippen LogP contribution >= 0.6 is 0 Å². The van der Waals surface area contributed by atoms with Gasteiger partial charge in [-0.15, -0.1) is 0 Å². The third-order valence-corrected chi connectivity index (χ3v) is 6.02. The van der Waals surface area contributed by atoms with Crippen molar-refractivity contribution in [2.24, 2.45) is 0 Å². The molecule has 0 amide bonds. The summed E-state index contributed by atoms with van der Waals surface area (Å²) in [4.78, 5) is 0. The van der Waals surface area contributed by atoms with Gasteiger partial charge in [-0.3, -0.25) is 0 Å². The molecule has 172 valence electrons. The molecule has 0 spiro atoms. The third-order valence-electron chi connectivity index (χ3n) is 6.02. The fourth-order valence-corrected chi connectivity index (χ4v) is 4.41. The molecule has 0 aliphatic carbocycles. The predicted octanol–water partition coefficient (Wildman–Crippen LogP) is 3.07. The number of rotatable bonds is 2. The minimum absolute atomic E-state index is 0. The second-order valence-corrected chi connectivity index (χ2v) is 8.41. The summed E-state index contributed by atoms with van der Waals surface area (Å²) < 4.78 is 0. The molecule has 0 N–H and O–H groups in total. The van der Waals surface area contributed by atoms with E-state index < -0.39 is 0 Å². The number of halogens is 2. The molecule has 0 radical (unpaired) electrons. The van der Waals surface area contributed by atoms with Gasteiger partial charge >= 0.3 is 25.8 Å². The Labute approximate surface area is 239 Å². The van der Waals surface area contributed by atoms with Gasteiger partial charge in [0.15, 0.2) is 0 Å². The number of hydrogen-bond donors (Lipinski definition) is 0. The average Bonchev–Trinajstić information content (AvgIpc) is 3.47. The van der Waals surface area contributed by atoms with Crippen LogP contribution in [0.5, 0.6) is 0 Å². The van der Waals surface area contributed by atoms with E-state index in [1.807, 2.05) is 0 Å². The van der Waals surface area contributed by atoms with E-state index in [0.29, 0.717) is 0 Å². The van der Waals surface area contributed by atoms with Crippen LogP contribution in [0.4, 0.5) is 0 Å². The van der Waals surface area contributed by atoms with Gasteiger partial charge in [-0.1, -0.05) is 110 Å². The largest absolute Gasteiger partial charge is 4.00 e. The summed E-state index contributed by atoms with van der Waals surface area (Å²) in [5.74, 6) is 0. The van der Waals surface area contributed by atoms with E-state index in [1.54, 1.807) is 0 Å². The second-order valence-electron chi connectivity index (χ2n) is 8.41. The van der Waals surface area contributed by atoms with E-state index in [9.17, 15) is 0 Å². The fourth-order valence-electron chi connectivity index (χ4n) is 4.41. The number of benzene rings is 4. The van der Waals surface area contributed by atoms with Gasteiger partial charge in [-0.2, -0.15) is 46.5 Å². The summed E-state index contributed by atoms with van der Waals surface area (Å²) in [7, 11) is 0. The molecule has 0 fully saturated rings. The van der Waals surface area contributed by atoms with E-state index >= 15 is 0 Å². The van der Waals surface area contributed by atoms with E-state index in [2.05, 4.69) is 135 Å². The molecule has 6 aromatic rings. The molecule has 0 nitrogen and oxygen atoms in total. The zero-order valence-electron chi connectivity index (χ0n) is 19.8. The van der Waals surface area contributed by atoms with Crippen LogP contribution in [-0.2, 0) is 25.8 Å². The predicted molar refractivity (Wildman–Crippen MR) is 139 cm³/mol. The van der Waals surface area contributed by atoms with Gasteiger partial charge in [0.05, 0.1) is 0 Å². The van der Waals surface area contributed by atoms with Gasteiger partial charge in [-0.05, 0) is 21.5 Å². The summed E-state index contributed by atoms with van der Waals surface area (Å²) in [5.41, 5.74) is 7.92. The van der Waals surface area contributed by atoms with Gasteiger partial charge in [0.2, 0.25) is 0 Å². The Morgan fingerprint density at radius 2 is 0.857 bits per heavy atom. The maximum absolute atomic E-state index is 2.24. The Balaban J connectivity index is 0.000000227. The molecule has 6 rings (SSSR count). The first-order valence-electron chi connectivity index (χ1n) is 11.1. The molecule has 0 aliphatic rings. The van der Waals surface area contributed by atoms with E-state index in [1.165, 1.54) is 54.9 Å². The van der Waals surface area contributed by atoms with E-state index in [-0.39, 0.29) is 50.7 Å². The molecule has 0 bridgehead atoms. The topological polar surface area (TPSA) is 0 Å². The first-order chi connectivity index (χ1) is 15.7. The molecule has 3 heteroatoms. The molecule has 0 unspecified atom stereocenters. The van der Waals surface area contributed by atoms with Crippen molar-refractivity contribution in [1.82, 2.24) is 0 Å². The van der Waals surface area contributed by atoms with Gasteiger partial charge in [0.25, 0.3) is 0 Å². The van der Waals surface area contributed by atoms with Gasteiger partial charge in [-0.25, -0.2) is 12.1 Å². The smallest absolute Gasteiger partial charge is 1.00 e. The summed E-state index contributed by atoms with van der Waals surface area (Å²) in [6.45, 7) is 4.27. The monoisotopic (exact) mass is 660 g/mol. The first-order valence-corrected chi connectivity index (χ1v) is 11.1. The quantitative estimate of drug-likeness (QED) is 0.198. The van der Waals surface area contributed by atoms with Crippen LogP contribution in [0.3, 0.4) is 0 Å². The maximum Gasteiger partial charge on any atom is 4.00 e. The van der Waals surface area contributed by atoms with Gasteiger partial charge in [0, 0.05) is 0 Å². The van der Waals surface area contributed by atoms with Crippen molar-refractivity contribution in [3.63, 3.8) is 0 Å². The molecule has 0 heterocycles. The van der Waals surface area contributed by atoms with Crippen LogP contribution < -0.4 is 24.8 Å². The Morgan fingerprint density at radius 3 is 1.23 bits per heavy atom. The molecule has 0 saturated carbocycles. The summed E-state index contributed by atoms with van der Waals surface area (Å²) in [6.07, 6.45) is 0. The Hall–Kier alpha value is -2.45. The summed E-state index contributed by atoms with van der Waals surface area (Å²) in [6, 6.07) is 43.2. The molecule has 35 heavy (non-hydrogen) atoms. The summed E-state index contributed by atoms with van der Waals surface area (Å²) >= 11 is 0. The Morgan fingerprint density at radius 1 is 0.486 bits per heavy atom. The van der Waals surface area contributed by atoms with Gasteiger partial charge in [0.1, 0.15) is 0 Å². The minimum Gasteiger partial charge on any atom is -1.00 e. The van der Waals surface area contributed by atoms with Crippen molar-refractivity contribution >= 4 is 21.5 Å². The molecule has 0 atom stereocenters. The number of aryl methyl sites for hydroxylation is 2. The van der Waals surface area contributed by atoms with Crippen molar-refractivity contribution in [3.8, 4) is 22.3 Å². The van der Waals surface area contributed by atoms with Crippen molar-refractivity contribution in [2.45, 2.75) is 13.8 Å². The van der Waals surface area contributed by atoms with E-state index in [0.717, 1.165) is 0 Å². The zero-order chi connectivity index (χ0) is 21.9. The van der Waals surface area contributed by atoms with E-state index in [4.69, 9.17) is 0 Å². The molecule has 0 aromatic heterocycles. The Bertz CT molecular complexity index is 1380. The molecule has 0 saturated heterocycles. The fraction of sp³-hybridized carbons (Fsp3) is 0.0625. The van der Waals surface area contributed by atoms with Crippen molar-refractivity contribution in [2.75, 3.05) is 0 Å². The average molecular weight is 660 g/mol. The standard InChI is InChI=1S/2C16H13.2ClH.Hf/c2*1-12-9-10-14(11-12)16-8-4-6-13-5-2-3-7-15(13)16;;;/h2*2-11H,1H3;2*1H;/q2*-1;;;+4/p-2. The van der Waals surface area contributed by atoms with Crippen LogP contribution in [0.2, 0.25) is 0 Å². The minimum atomic E-state index is 0. The summed E-state index contributed by atoms with van der Waals surface area (Å²) in [5, 5.41) is 5.27. The molecule has 6 aromatic carbocycles. The first kappa shape index (κ1) is 28.8. The normalized spacial score (nSPS) is 9.89. The maximum atomic E-state index is 2.24. The zero-order valence-corrected chi connectivity index (χ0v) is 24.9. The number of fused-ring (bicyclic) bond motifs is 2. The van der Waals surface area contributed by atoms with Crippen LogP contribution in [0.1, 0.15) is 11.1 Å². The van der Waals surface area contributed by atoms with Crippen LogP contribution in [0.15, 0.2) is 121 Å². The SMILES string of the molecule is Cc1cc(-c2cccc3ccccc23)c[cH-]1.Cc1cc(-c2cccc3ccccc23)c[cH-]1.[Cl-].[Cl-].[Hf+4]. The second kappa shape index (κ2) is 13.0. The number of hydrogen-bond acceptors (Lipinski definition) is 0. The van der Waals surface area contributed by atoms with Crippen molar-refractivity contribution in [1.29, 1.82) is 0 Å². The van der Waals surface area contributed by atoms with Crippen LogP contribution in [0, 0.1) is 13.8 Å². The van der Waals surface area contributed by atoms with Crippen molar-refractivity contribution in [3.05, 3.63) is 132 Å². The van der Waals surface area contributed by atoms with Crippen molar-refractivity contribution < 1.29 is 50.7 Å². The molecular formula is C32H26Cl2Hf.